The average Bonchev–Trinajstić information content (AvgIpc) is 3.34. The molecule has 4 aromatic rings. The van der Waals surface area contributed by atoms with E-state index in [1.165, 1.54) is 12.1 Å². The van der Waals surface area contributed by atoms with Crippen LogP contribution in [-0.4, -0.2) is 22.2 Å². The second-order valence-corrected chi connectivity index (χ2v) is 7.79. The number of nitrogens with one attached hydrogen (secondary N) is 1. The Morgan fingerprint density at radius 2 is 1.81 bits per heavy atom. The number of hydrogen-bond acceptors (Lipinski definition) is 4. The van der Waals surface area contributed by atoms with E-state index in [9.17, 15) is 14.4 Å². The van der Waals surface area contributed by atoms with Crippen LogP contribution in [0.15, 0.2) is 103 Å². The first-order valence-corrected chi connectivity index (χ1v) is 11.2. The average molecular weight is 479 g/mol. The van der Waals surface area contributed by atoms with Gasteiger partial charge in [0.05, 0.1) is 11.4 Å². The maximum atomic E-state index is 13.9. The summed E-state index contributed by atoms with van der Waals surface area (Å²) in [6, 6.07) is 25.2. The fraction of sp³-hybridized carbons (Fsp3) is 0.0690. The van der Waals surface area contributed by atoms with Crippen molar-refractivity contribution in [1.82, 2.24) is 15.1 Å². The molecule has 0 spiro atoms. The van der Waals surface area contributed by atoms with Gasteiger partial charge in [-0.3, -0.25) is 4.79 Å². The predicted molar refractivity (Wildman–Crippen MR) is 137 cm³/mol. The van der Waals surface area contributed by atoms with E-state index in [1.807, 2.05) is 48.5 Å². The summed E-state index contributed by atoms with van der Waals surface area (Å²) in [5.41, 5.74) is 3.20. The highest BCUT2D eigenvalue weighted by Crippen LogP contribution is 2.28. The number of nitriles is 1. The molecule has 0 aliphatic heterocycles. The predicted octanol–water partition coefficient (Wildman–Crippen LogP) is 5.47. The quantitative estimate of drug-likeness (QED) is 0.197. The molecule has 0 unspecified atom stereocenters. The molecule has 4 rings (SSSR count). The maximum absolute atomic E-state index is 13.9. The SMILES string of the molecule is C=CCNC(=O)C(C#N)=Cc1cn(-c2ccccc2)nc1-c1ccc(OCc2ccccc2F)cc1. The lowest BCUT2D eigenvalue weighted by atomic mass is 10.1. The van der Waals surface area contributed by atoms with Crippen LogP contribution in [0.1, 0.15) is 11.1 Å². The molecule has 0 fully saturated rings. The molecule has 1 heterocycles. The first kappa shape index (κ1) is 24.2. The first-order valence-electron chi connectivity index (χ1n) is 11.2. The Morgan fingerprint density at radius 1 is 1.08 bits per heavy atom. The van der Waals surface area contributed by atoms with Crippen molar-refractivity contribution in [3.63, 3.8) is 0 Å². The lowest BCUT2D eigenvalue weighted by molar-refractivity contribution is -0.116. The molecule has 1 amide bonds. The molecule has 0 aliphatic carbocycles. The summed E-state index contributed by atoms with van der Waals surface area (Å²) in [5, 5.41) is 16.9. The number of ether oxygens (including phenoxy) is 1. The van der Waals surface area contributed by atoms with Crippen LogP contribution in [0.4, 0.5) is 4.39 Å². The highest BCUT2D eigenvalue weighted by Gasteiger charge is 2.15. The van der Waals surface area contributed by atoms with E-state index in [-0.39, 0.29) is 24.5 Å². The summed E-state index contributed by atoms with van der Waals surface area (Å²) in [4.78, 5) is 12.4. The number of nitrogens with zero attached hydrogens (tertiary/aromatic N) is 3. The van der Waals surface area contributed by atoms with Gasteiger partial charge in [-0.05, 0) is 48.5 Å². The summed E-state index contributed by atoms with van der Waals surface area (Å²) >= 11 is 0. The topological polar surface area (TPSA) is 79.9 Å². The van der Waals surface area contributed by atoms with Crippen LogP contribution in [0.3, 0.4) is 0 Å². The van der Waals surface area contributed by atoms with Crippen molar-refractivity contribution in [3.05, 3.63) is 120 Å². The Balaban J connectivity index is 1.65. The van der Waals surface area contributed by atoms with Crippen LogP contribution >= 0.6 is 0 Å². The summed E-state index contributed by atoms with van der Waals surface area (Å²) in [7, 11) is 0. The van der Waals surface area contributed by atoms with Crippen LogP contribution in [0, 0.1) is 17.1 Å². The summed E-state index contributed by atoms with van der Waals surface area (Å²) in [6.07, 6.45) is 4.83. The number of amides is 1. The van der Waals surface area contributed by atoms with Crippen LogP contribution in [0.2, 0.25) is 0 Å². The van der Waals surface area contributed by atoms with Gasteiger partial charge < -0.3 is 10.1 Å². The fourth-order valence-corrected chi connectivity index (χ4v) is 3.48. The van der Waals surface area contributed by atoms with E-state index in [1.54, 1.807) is 47.3 Å². The van der Waals surface area contributed by atoms with Gasteiger partial charge in [0.15, 0.2) is 0 Å². The normalized spacial score (nSPS) is 10.9. The number of benzene rings is 3. The standard InChI is InChI=1S/C29H23FN4O2/c1-2-16-32-29(35)23(18-31)17-24-19-34(25-9-4-3-5-10-25)33-28(24)21-12-14-26(15-13-21)36-20-22-8-6-7-11-27(22)30/h2-15,17,19H,1,16,20H2,(H,32,35). The number of para-hydroxylation sites is 1. The van der Waals surface area contributed by atoms with Crippen molar-refractivity contribution in [3.8, 4) is 28.8 Å². The molecular weight excluding hydrogens is 455 g/mol. The number of aromatic nitrogens is 2. The van der Waals surface area contributed by atoms with Gasteiger partial charge in [0.2, 0.25) is 0 Å². The Bertz CT molecular complexity index is 1430. The molecule has 1 aromatic heterocycles. The van der Waals surface area contributed by atoms with Crippen LogP contribution in [0.25, 0.3) is 23.0 Å². The van der Waals surface area contributed by atoms with Crippen molar-refractivity contribution in [2.45, 2.75) is 6.61 Å². The van der Waals surface area contributed by atoms with Crippen LogP contribution < -0.4 is 10.1 Å². The lowest BCUT2D eigenvalue weighted by Crippen LogP contribution is -2.24. The van der Waals surface area contributed by atoms with Gasteiger partial charge in [-0.1, -0.05) is 42.5 Å². The molecular formula is C29H23FN4O2. The van der Waals surface area contributed by atoms with E-state index in [2.05, 4.69) is 11.9 Å². The molecule has 6 nitrogen and oxygen atoms in total. The van der Waals surface area contributed by atoms with Crippen molar-refractivity contribution in [2.75, 3.05) is 6.54 Å². The number of hydrogen-bond donors (Lipinski definition) is 1. The second kappa shape index (κ2) is 11.4. The van der Waals surface area contributed by atoms with Gasteiger partial charge in [-0.25, -0.2) is 9.07 Å². The Hall–Kier alpha value is -4.96. The highest BCUT2D eigenvalue weighted by atomic mass is 19.1. The third-order valence-electron chi connectivity index (χ3n) is 5.32. The van der Waals surface area contributed by atoms with Crippen molar-refractivity contribution in [2.24, 2.45) is 0 Å². The minimum Gasteiger partial charge on any atom is -0.489 e. The highest BCUT2D eigenvalue weighted by molar-refractivity contribution is 6.02. The van der Waals surface area contributed by atoms with E-state index in [0.717, 1.165) is 11.3 Å². The monoisotopic (exact) mass is 478 g/mol. The summed E-state index contributed by atoms with van der Waals surface area (Å²) in [5.74, 6) is -0.238. The fourth-order valence-electron chi connectivity index (χ4n) is 3.48. The van der Waals surface area contributed by atoms with Gasteiger partial charge in [0, 0.05) is 29.4 Å². The zero-order valence-electron chi connectivity index (χ0n) is 19.4. The Labute approximate surface area is 208 Å². The van der Waals surface area contributed by atoms with Gasteiger partial charge in [0.1, 0.15) is 29.8 Å². The zero-order valence-corrected chi connectivity index (χ0v) is 19.4. The smallest absolute Gasteiger partial charge is 0.262 e. The van der Waals surface area contributed by atoms with Gasteiger partial charge in [-0.15, -0.1) is 6.58 Å². The van der Waals surface area contributed by atoms with Gasteiger partial charge in [0.25, 0.3) is 5.91 Å². The third-order valence-corrected chi connectivity index (χ3v) is 5.32. The first-order chi connectivity index (χ1) is 17.6. The number of rotatable bonds is 9. The molecule has 0 radical (unpaired) electrons. The molecule has 0 bridgehead atoms. The van der Waals surface area contributed by atoms with Crippen molar-refractivity contribution >= 4 is 12.0 Å². The second-order valence-electron chi connectivity index (χ2n) is 7.79. The molecule has 178 valence electrons. The van der Waals surface area contributed by atoms with E-state index >= 15 is 0 Å². The third kappa shape index (κ3) is 5.75. The van der Waals surface area contributed by atoms with Crippen LogP contribution in [0.5, 0.6) is 5.75 Å². The van der Waals surface area contributed by atoms with Gasteiger partial charge in [-0.2, -0.15) is 10.4 Å². The molecule has 0 aliphatic rings. The molecule has 0 atom stereocenters. The van der Waals surface area contributed by atoms with Crippen LogP contribution in [-0.2, 0) is 11.4 Å². The molecule has 3 aromatic carbocycles. The molecule has 7 heteroatoms. The van der Waals surface area contributed by atoms with Crippen molar-refractivity contribution < 1.29 is 13.9 Å². The van der Waals surface area contributed by atoms with E-state index < -0.39 is 5.91 Å². The maximum Gasteiger partial charge on any atom is 0.262 e. The largest absolute Gasteiger partial charge is 0.489 e. The summed E-state index contributed by atoms with van der Waals surface area (Å²) < 4.78 is 21.3. The molecule has 36 heavy (non-hydrogen) atoms. The van der Waals surface area contributed by atoms with Crippen molar-refractivity contribution in [1.29, 1.82) is 5.26 Å². The van der Waals surface area contributed by atoms with E-state index in [0.29, 0.717) is 22.6 Å². The number of carbonyl (C=O) groups excluding carboxylic acids is 1. The molecule has 1 N–H and O–H groups in total. The molecule has 0 saturated carbocycles. The minimum absolute atomic E-state index is 0.0458. The number of halogens is 1. The zero-order chi connectivity index (χ0) is 25.3. The Morgan fingerprint density at radius 3 is 2.50 bits per heavy atom. The van der Waals surface area contributed by atoms with E-state index in [4.69, 9.17) is 9.84 Å². The Kier molecular flexibility index (Phi) is 7.69. The lowest BCUT2D eigenvalue weighted by Gasteiger charge is -2.08. The minimum atomic E-state index is -0.493. The summed E-state index contributed by atoms with van der Waals surface area (Å²) in [6.45, 7) is 3.93. The van der Waals surface area contributed by atoms with Gasteiger partial charge >= 0.3 is 0 Å². The number of carbonyl (C=O) groups is 1. The molecule has 0 saturated heterocycles.